The van der Waals surface area contributed by atoms with Crippen molar-refractivity contribution in [2.75, 3.05) is 19.5 Å². The first-order valence-electron chi connectivity index (χ1n) is 10.6. The summed E-state index contributed by atoms with van der Waals surface area (Å²) in [5.74, 6) is -0.527. The fourth-order valence-corrected chi connectivity index (χ4v) is 3.98. The Bertz CT molecular complexity index is 1310. The van der Waals surface area contributed by atoms with Crippen LogP contribution in [0, 0.1) is 12.7 Å². The van der Waals surface area contributed by atoms with E-state index >= 15 is 0 Å². The smallest absolute Gasteiger partial charge is 0.343 e. The molecule has 2 aromatic carbocycles. The van der Waals surface area contributed by atoms with Crippen LogP contribution in [0.4, 0.5) is 10.1 Å². The molecular weight excluding hydrogens is 421 g/mol. The van der Waals surface area contributed by atoms with Crippen molar-refractivity contribution < 1.29 is 18.7 Å². The number of nitrogens with zero attached hydrogens (tertiary/aromatic N) is 1. The van der Waals surface area contributed by atoms with Gasteiger partial charge in [0, 0.05) is 18.1 Å². The van der Waals surface area contributed by atoms with Crippen molar-refractivity contribution in [3.05, 3.63) is 77.4 Å². The highest BCUT2D eigenvalue weighted by atomic mass is 19.1. The number of aromatic nitrogens is 2. The highest BCUT2D eigenvalue weighted by Crippen LogP contribution is 2.45. The Hall–Kier alpha value is -3.71. The molecule has 0 bridgehead atoms. The molecule has 33 heavy (non-hydrogen) atoms. The molecule has 2 heterocycles. The zero-order chi connectivity index (χ0) is 23.8. The summed E-state index contributed by atoms with van der Waals surface area (Å²) < 4.78 is 25.1. The number of hydrogen-bond donors (Lipinski definition) is 2. The number of nitrogen functional groups attached to an aromatic ring is 1. The Morgan fingerprint density at radius 3 is 2.42 bits per heavy atom. The van der Waals surface area contributed by atoms with E-state index in [1.165, 1.54) is 12.1 Å². The van der Waals surface area contributed by atoms with Gasteiger partial charge in [-0.25, -0.2) is 14.2 Å². The molecule has 7 heteroatoms. The lowest BCUT2D eigenvalue weighted by Gasteiger charge is -2.23. The Kier molecular flexibility index (Phi) is 5.91. The predicted octanol–water partition coefficient (Wildman–Crippen LogP) is 5.40. The number of hydrogen-bond acceptors (Lipinski definition) is 5. The SMILES string of the molecule is COCC(C)(C)c1[nH]c2nc(C)c(N)c(-c3ccc(F)cc3)c2c1OC(=O)c1ccccc1. The van der Waals surface area contributed by atoms with Gasteiger partial charge < -0.3 is 20.2 Å². The van der Waals surface area contributed by atoms with Crippen LogP contribution in [0.15, 0.2) is 54.6 Å². The lowest BCUT2D eigenvalue weighted by atomic mass is 9.89. The summed E-state index contributed by atoms with van der Waals surface area (Å²) in [5, 5.41) is 0.563. The highest BCUT2D eigenvalue weighted by molar-refractivity contribution is 6.06. The Morgan fingerprint density at radius 2 is 1.79 bits per heavy atom. The van der Waals surface area contributed by atoms with Gasteiger partial charge in [0.25, 0.3) is 0 Å². The molecule has 0 aliphatic rings. The number of carbonyl (C=O) groups is 1. The number of aryl methyl sites for hydroxylation is 1. The van der Waals surface area contributed by atoms with Crippen LogP contribution in [0.1, 0.15) is 35.6 Å². The lowest BCUT2D eigenvalue weighted by molar-refractivity contribution is 0.0730. The molecule has 0 spiro atoms. The number of halogens is 1. The molecule has 170 valence electrons. The number of methoxy groups -OCH3 is 1. The Morgan fingerprint density at radius 1 is 1.12 bits per heavy atom. The summed E-state index contributed by atoms with van der Waals surface area (Å²) in [6.45, 7) is 6.14. The lowest BCUT2D eigenvalue weighted by Crippen LogP contribution is -2.25. The molecule has 3 N–H and O–H groups in total. The van der Waals surface area contributed by atoms with Crippen LogP contribution in [0.3, 0.4) is 0 Å². The maximum atomic E-state index is 13.6. The average molecular weight is 448 g/mol. The standard InChI is InChI=1S/C26H26FN3O3/c1-15-21(28)19(16-10-12-18(27)13-11-16)20-22(33-25(31)17-8-6-5-7-9-17)23(30-24(20)29-15)26(2,3)14-32-4/h5-13H,14,28H2,1-4H3,(H,29,30). The fraction of sp³-hybridized carbons (Fsp3) is 0.231. The van der Waals surface area contributed by atoms with E-state index in [0.29, 0.717) is 57.2 Å². The molecule has 0 unspecified atom stereocenters. The van der Waals surface area contributed by atoms with Crippen LogP contribution in [-0.4, -0.2) is 29.7 Å². The molecule has 0 fully saturated rings. The minimum Gasteiger partial charge on any atom is -0.420 e. The van der Waals surface area contributed by atoms with Gasteiger partial charge in [-0.3, -0.25) is 0 Å². The molecule has 0 saturated carbocycles. The first-order valence-corrected chi connectivity index (χ1v) is 10.6. The van der Waals surface area contributed by atoms with E-state index in [2.05, 4.69) is 9.97 Å². The number of aromatic amines is 1. The number of ether oxygens (including phenoxy) is 2. The van der Waals surface area contributed by atoms with Gasteiger partial charge in [-0.05, 0) is 36.8 Å². The van der Waals surface area contributed by atoms with Crippen LogP contribution >= 0.6 is 0 Å². The molecule has 2 aromatic heterocycles. The summed E-state index contributed by atoms with van der Waals surface area (Å²) >= 11 is 0. The van der Waals surface area contributed by atoms with Crippen molar-refractivity contribution in [1.82, 2.24) is 9.97 Å². The van der Waals surface area contributed by atoms with Crippen molar-refractivity contribution in [2.45, 2.75) is 26.2 Å². The molecule has 0 amide bonds. The second kappa shape index (κ2) is 8.67. The van der Waals surface area contributed by atoms with Crippen molar-refractivity contribution in [2.24, 2.45) is 0 Å². The summed E-state index contributed by atoms with van der Waals surface area (Å²) in [6, 6.07) is 14.8. The Balaban J connectivity index is 2.02. The largest absolute Gasteiger partial charge is 0.420 e. The zero-order valence-electron chi connectivity index (χ0n) is 19.0. The van der Waals surface area contributed by atoms with Gasteiger partial charge in [-0.1, -0.05) is 44.2 Å². The molecular formula is C26H26FN3O3. The van der Waals surface area contributed by atoms with E-state index in [1.807, 2.05) is 19.9 Å². The third kappa shape index (κ3) is 4.19. The highest BCUT2D eigenvalue weighted by Gasteiger charge is 2.32. The minimum absolute atomic E-state index is 0.333. The minimum atomic E-state index is -0.537. The molecule has 0 radical (unpaired) electrons. The number of nitrogens with one attached hydrogen (secondary N) is 1. The van der Waals surface area contributed by atoms with Gasteiger partial charge in [0.05, 0.1) is 34.6 Å². The molecule has 0 atom stereocenters. The van der Waals surface area contributed by atoms with Crippen molar-refractivity contribution in [3.8, 4) is 16.9 Å². The van der Waals surface area contributed by atoms with E-state index < -0.39 is 11.4 Å². The van der Waals surface area contributed by atoms with Gasteiger partial charge >= 0.3 is 5.97 Å². The number of esters is 1. The van der Waals surface area contributed by atoms with Gasteiger partial charge in [-0.15, -0.1) is 0 Å². The topological polar surface area (TPSA) is 90.2 Å². The normalized spacial score (nSPS) is 11.7. The number of rotatable bonds is 6. The van der Waals surface area contributed by atoms with Gasteiger partial charge in [0.15, 0.2) is 5.75 Å². The van der Waals surface area contributed by atoms with Crippen LogP contribution in [0.25, 0.3) is 22.2 Å². The third-order valence-electron chi connectivity index (χ3n) is 5.64. The van der Waals surface area contributed by atoms with E-state index in [0.717, 1.165) is 0 Å². The second-order valence-corrected chi connectivity index (χ2v) is 8.62. The first kappa shape index (κ1) is 22.5. The molecule has 0 saturated heterocycles. The summed E-state index contributed by atoms with van der Waals surface area (Å²) in [6.07, 6.45) is 0. The molecule has 4 aromatic rings. The van der Waals surface area contributed by atoms with E-state index in [4.69, 9.17) is 15.2 Å². The predicted molar refractivity (Wildman–Crippen MR) is 127 cm³/mol. The van der Waals surface area contributed by atoms with Crippen LogP contribution in [0.5, 0.6) is 5.75 Å². The average Bonchev–Trinajstić information content (AvgIpc) is 3.14. The van der Waals surface area contributed by atoms with Gasteiger partial charge in [0.2, 0.25) is 0 Å². The third-order valence-corrected chi connectivity index (χ3v) is 5.64. The summed E-state index contributed by atoms with van der Waals surface area (Å²) in [7, 11) is 1.62. The summed E-state index contributed by atoms with van der Waals surface area (Å²) in [4.78, 5) is 21.0. The molecule has 0 aliphatic carbocycles. The molecule has 4 rings (SSSR count). The monoisotopic (exact) mass is 447 g/mol. The number of benzene rings is 2. The van der Waals surface area contributed by atoms with Crippen molar-refractivity contribution >= 4 is 22.7 Å². The molecule has 0 aliphatic heterocycles. The van der Waals surface area contributed by atoms with Crippen LogP contribution in [-0.2, 0) is 10.2 Å². The van der Waals surface area contributed by atoms with Crippen LogP contribution < -0.4 is 10.5 Å². The maximum Gasteiger partial charge on any atom is 0.343 e. The van der Waals surface area contributed by atoms with E-state index in [9.17, 15) is 9.18 Å². The van der Waals surface area contributed by atoms with Crippen LogP contribution in [0.2, 0.25) is 0 Å². The Labute approximate surface area is 191 Å². The van der Waals surface area contributed by atoms with E-state index in [1.54, 1.807) is 50.4 Å². The zero-order valence-corrected chi connectivity index (χ0v) is 19.0. The second-order valence-electron chi connectivity index (χ2n) is 8.62. The van der Waals surface area contributed by atoms with Crippen molar-refractivity contribution in [1.29, 1.82) is 0 Å². The number of fused-ring (bicyclic) bond motifs is 1. The summed E-state index contributed by atoms with van der Waals surface area (Å²) in [5.41, 5.74) is 9.89. The maximum absolute atomic E-state index is 13.6. The number of H-pyrrole nitrogens is 1. The number of pyridine rings is 1. The molecule has 6 nitrogen and oxygen atoms in total. The number of nitrogens with two attached hydrogens (primary N) is 1. The van der Waals surface area contributed by atoms with Gasteiger partial charge in [-0.2, -0.15) is 0 Å². The first-order chi connectivity index (χ1) is 15.7. The quantitative estimate of drug-likeness (QED) is 0.386. The van der Waals surface area contributed by atoms with E-state index in [-0.39, 0.29) is 5.82 Å². The number of carbonyl (C=O) groups excluding carboxylic acids is 1. The number of anilines is 1. The van der Waals surface area contributed by atoms with Gasteiger partial charge in [0.1, 0.15) is 11.5 Å². The van der Waals surface area contributed by atoms with Crippen molar-refractivity contribution in [3.63, 3.8) is 0 Å². The fourth-order valence-electron chi connectivity index (χ4n) is 3.98.